The Morgan fingerprint density at radius 1 is 0.705 bits per heavy atom. The normalized spacial score (nSPS) is 19.8. The summed E-state index contributed by atoms with van der Waals surface area (Å²) in [5.74, 6) is -1.82. The Morgan fingerprint density at radius 2 is 1.35 bits per heavy atom. The van der Waals surface area contributed by atoms with Gasteiger partial charge in [-0.3, -0.25) is 33.3 Å². The van der Waals surface area contributed by atoms with Crippen LogP contribution in [0.2, 0.25) is 0 Å². The molecule has 3 N–H and O–H groups in total. The highest BCUT2D eigenvalue weighted by molar-refractivity contribution is 7.44. The quantitative estimate of drug-likeness (QED) is 0.0109. The van der Waals surface area contributed by atoms with E-state index in [0.29, 0.717) is 41.2 Å². The molecule has 32 heteroatoms. The fourth-order valence-electron chi connectivity index (χ4n) is 12.3. The number of esters is 3. The van der Waals surface area contributed by atoms with E-state index in [4.69, 9.17) is 71.1 Å². The van der Waals surface area contributed by atoms with Gasteiger partial charge in [0, 0.05) is 64.9 Å². The number of rotatable bonds is 39. The number of imidazole rings is 1. The number of nitrogens with one attached hydrogen (secondary N) is 3. The number of methoxy groups -OCH3 is 2. The van der Waals surface area contributed by atoms with Gasteiger partial charge in [0.1, 0.15) is 66.2 Å². The minimum atomic E-state index is -1.98. The second-order valence-electron chi connectivity index (χ2n) is 25.1. The first-order chi connectivity index (χ1) is 50.7. The predicted molar refractivity (Wildman–Crippen MR) is 378 cm³/mol. The number of hydrogen-bond acceptors (Lipinski definition) is 26. The van der Waals surface area contributed by atoms with E-state index in [0.717, 1.165) is 30.5 Å². The first-order valence-electron chi connectivity index (χ1n) is 34.5. The molecule has 0 saturated carbocycles. The van der Waals surface area contributed by atoms with Gasteiger partial charge in [-0.15, -0.1) is 5.10 Å². The summed E-state index contributed by atoms with van der Waals surface area (Å²) < 4.78 is 86.9. The molecule has 9 rings (SSSR count). The Kier molecular flexibility index (Phi) is 29.6. The molecule has 0 bridgehead atoms. The lowest BCUT2D eigenvalue weighted by atomic mass is 9.80. The number of aromatic nitrogens is 7. The fraction of sp³-hybridized carbons (Fsp3) is 0.479. The molecular formula is C73H91N12O19P. The molecule has 10 atom stereocenters. The molecule has 0 spiro atoms. The molecule has 2 aliphatic rings. The molecule has 2 aliphatic heterocycles. The van der Waals surface area contributed by atoms with Crippen LogP contribution in [0.3, 0.4) is 0 Å². The van der Waals surface area contributed by atoms with Gasteiger partial charge < -0.3 is 77.1 Å². The molecular weight excluding hydrogens is 1380 g/mol. The molecule has 6 unspecified atom stereocenters. The molecule has 3 aromatic heterocycles. The molecule has 0 aliphatic carbocycles. The number of fused-ring (bicyclic) bond motifs is 1. The summed E-state index contributed by atoms with van der Waals surface area (Å²) in [4.78, 5) is 89.1. The molecule has 7 aromatic rings. The van der Waals surface area contributed by atoms with Crippen LogP contribution in [0.5, 0.6) is 11.5 Å². The second-order valence-corrected chi connectivity index (χ2v) is 26.5. The van der Waals surface area contributed by atoms with Gasteiger partial charge in [-0.25, -0.2) is 24.3 Å². The van der Waals surface area contributed by atoms with Crippen LogP contribution >= 0.6 is 8.53 Å². The van der Waals surface area contributed by atoms with Crippen LogP contribution < -0.4 is 25.4 Å². The summed E-state index contributed by atoms with van der Waals surface area (Å²) in [6.07, 6.45) is -3.38. The summed E-state index contributed by atoms with van der Waals surface area (Å²) in [6, 6.07) is 34.8. The number of unbranched alkanes of at least 4 members (excludes halogenated alkanes) is 1. The van der Waals surface area contributed by atoms with Gasteiger partial charge in [-0.2, -0.15) is 5.26 Å². The third kappa shape index (κ3) is 21.4. The van der Waals surface area contributed by atoms with Crippen LogP contribution in [0.1, 0.15) is 120 Å². The van der Waals surface area contributed by atoms with E-state index in [1.807, 2.05) is 113 Å². The van der Waals surface area contributed by atoms with Crippen molar-refractivity contribution in [3.63, 3.8) is 0 Å². The van der Waals surface area contributed by atoms with E-state index in [1.165, 1.54) is 20.2 Å². The van der Waals surface area contributed by atoms with Crippen LogP contribution in [0.25, 0.3) is 11.2 Å². The second kappa shape index (κ2) is 39.1. The van der Waals surface area contributed by atoms with Crippen molar-refractivity contribution in [2.75, 3.05) is 65.7 Å². The Bertz CT molecular complexity index is 3940. The van der Waals surface area contributed by atoms with Crippen molar-refractivity contribution in [1.82, 2.24) is 49.8 Å². The van der Waals surface area contributed by atoms with Gasteiger partial charge in [0.15, 0.2) is 41.7 Å². The van der Waals surface area contributed by atoms with Crippen molar-refractivity contribution in [1.29, 1.82) is 5.26 Å². The van der Waals surface area contributed by atoms with Crippen LogP contribution in [0.4, 0.5) is 5.82 Å². The number of anilines is 1. The summed E-state index contributed by atoms with van der Waals surface area (Å²) >= 11 is 0. The van der Waals surface area contributed by atoms with Crippen molar-refractivity contribution >= 4 is 61.1 Å². The lowest BCUT2D eigenvalue weighted by Gasteiger charge is -2.44. The van der Waals surface area contributed by atoms with Gasteiger partial charge in [-0.1, -0.05) is 78.0 Å². The summed E-state index contributed by atoms with van der Waals surface area (Å²) in [7, 11) is 1.23. The van der Waals surface area contributed by atoms with E-state index in [1.54, 1.807) is 60.3 Å². The standard InChI is InChI=1S/C73H91N12O19P/c1-46(2)85(47(3)4)105(99-37-19-33-74)104-65-60(43-98-73(53-22-15-12-16-23-53,54-25-29-57(92-9)30-26-54)55-27-31-58(93-10)32-28-55)102-71(84-45-78-63-68(76-44-77-69(63)84)80-70(91)52-20-13-11-14-21-52)67(65)97-41-56-40-83(82-81-56)35-39-94-38-34-75-61(90)24-17-18-36-95-72-62(79-48(5)86)66(101-51(8)89)64(100-50(7)88)59(103-72)42-96-49(6)87/h11-16,20-23,25-32,40,44-47,59-60,62,64-67,71-72H,17-19,24,34-39,41-43H2,1-10H3,(H,75,90)(H,79,86)(H,76,77,80,91)/t59?,60-,62?,64?,65-,66?,67-,71-,72?,105?/m1/s1. The van der Waals surface area contributed by atoms with E-state index < -0.39 is 99.0 Å². The minimum Gasteiger partial charge on any atom is -0.497 e. The van der Waals surface area contributed by atoms with Gasteiger partial charge >= 0.3 is 17.9 Å². The number of nitrogens with zero attached hydrogens (tertiary/aromatic N) is 9. The fourth-order valence-corrected chi connectivity index (χ4v) is 14.0. The van der Waals surface area contributed by atoms with Crippen LogP contribution in [-0.2, 0) is 94.4 Å². The van der Waals surface area contributed by atoms with Crippen molar-refractivity contribution < 1.29 is 89.9 Å². The van der Waals surface area contributed by atoms with Crippen LogP contribution in [-0.4, -0.2) is 196 Å². The number of hydrogen-bond donors (Lipinski definition) is 3. The van der Waals surface area contributed by atoms with Gasteiger partial charge in [0.05, 0.1) is 78.8 Å². The zero-order chi connectivity index (χ0) is 75.0. The third-order valence-electron chi connectivity index (χ3n) is 16.9. The van der Waals surface area contributed by atoms with Crippen LogP contribution in [0, 0.1) is 11.3 Å². The third-order valence-corrected chi connectivity index (χ3v) is 19.0. The number of carbonyl (C=O) groups excluding carboxylic acids is 6. The smallest absolute Gasteiger partial charge is 0.303 e. The van der Waals surface area contributed by atoms with Gasteiger partial charge in [0.25, 0.3) is 14.4 Å². The molecule has 4 aromatic carbocycles. The highest BCUT2D eigenvalue weighted by atomic mass is 31.2. The number of nitriles is 1. The van der Waals surface area contributed by atoms with Crippen molar-refractivity contribution in [2.45, 2.75) is 167 Å². The molecule has 105 heavy (non-hydrogen) atoms. The topological polar surface area (TPSA) is 360 Å². The Labute approximate surface area is 610 Å². The highest BCUT2D eigenvalue weighted by Crippen LogP contribution is 2.52. The number of amides is 3. The van der Waals surface area contributed by atoms with E-state index >= 15 is 0 Å². The van der Waals surface area contributed by atoms with Crippen molar-refractivity contribution in [3.05, 3.63) is 156 Å². The average molecular weight is 1470 g/mol. The number of carbonyl (C=O) groups is 6. The highest BCUT2D eigenvalue weighted by Gasteiger charge is 2.54. The monoisotopic (exact) mass is 1470 g/mol. The lowest BCUT2D eigenvalue weighted by molar-refractivity contribution is -0.277. The maximum atomic E-state index is 13.7. The Hall–Kier alpha value is -9.45. The van der Waals surface area contributed by atoms with Gasteiger partial charge in [-0.05, 0) is 93.6 Å². The molecule has 2 saturated heterocycles. The van der Waals surface area contributed by atoms with Gasteiger partial charge in [0.2, 0.25) is 11.8 Å². The van der Waals surface area contributed by atoms with Crippen LogP contribution in [0.15, 0.2) is 128 Å². The molecule has 31 nitrogen and oxygen atoms in total. The maximum Gasteiger partial charge on any atom is 0.303 e. The number of benzene rings is 4. The molecule has 2 fully saturated rings. The molecule has 3 amide bonds. The Morgan fingerprint density at radius 3 is 1.98 bits per heavy atom. The van der Waals surface area contributed by atoms with Crippen molar-refractivity contribution in [3.8, 4) is 17.6 Å². The largest absolute Gasteiger partial charge is 0.497 e. The molecule has 0 radical (unpaired) electrons. The zero-order valence-corrected chi connectivity index (χ0v) is 61.3. The summed E-state index contributed by atoms with van der Waals surface area (Å²) in [5.41, 5.74) is 2.43. The zero-order valence-electron chi connectivity index (χ0n) is 60.4. The van der Waals surface area contributed by atoms with E-state index in [2.05, 4.69) is 42.0 Å². The lowest BCUT2D eigenvalue weighted by Crippen LogP contribution is -2.66. The minimum absolute atomic E-state index is 0.0458. The Balaban J connectivity index is 0.918. The number of ether oxygens (including phenoxy) is 11. The summed E-state index contributed by atoms with van der Waals surface area (Å²) in [6.45, 7) is 13.3. The van der Waals surface area contributed by atoms with Crippen molar-refractivity contribution in [2.24, 2.45) is 0 Å². The summed E-state index contributed by atoms with van der Waals surface area (Å²) in [5, 5.41) is 27.1. The molecule has 562 valence electrons. The van der Waals surface area contributed by atoms with E-state index in [-0.39, 0.29) is 102 Å². The first kappa shape index (κ1) is 79.7. The maximum absolute atomic E-state index is 13.7. The first-order valence-corrected chi connectivity index (χ1v) is 35.6. The molecule has 5 heterocycles. The average Bonchev–Trinajstić information content (AvgIpc) is 1.71. The predicted octanol–water partition coefficient (Wildman–Crippen LogP) is 7.82. The van der Waals surface area contributed by atoms with E-state index in [9.17, 15) is 34.0 Å². The SMILES string of the molecule is COc1ccc(C(OC[C@H]2O[C@@H](n3cnc4c(NC(=O)c5ccccc5)ncnc43)[C@H](OCc3cn(CCOCCNC(=O)CCCCOC4OC(COC(C)=O)C(OC(C)=O)C(OC(C)=O)C4NC(C)=O)nn3)[C@@H]2OP(OCCC#N)N(C(C)C)C(C)C)(c2ccccc2)c2ccc(OC)cc2)cc1.